The van der Waals surface area contributed by atoms with E-state index in [2.05, 4.69) is 0 Å². The molecule has 4 heteroatoms. The van der Waals surface area contributed by atoms with E-state index in [0.29, 0.717) is 0 Å². The highest BCUT2D eigenvalue weighted by Gasteiger charge is 2.14. The van der Waals surface area contributed by atoms with Gasteiger partial charge in [-0.3, -0.25) is 4.79 Å². The third-order valence-electron chi connectivity index (χ3n) is 0.950. The standard InChI is InChI=1S/C6H13NO2S/c1-10(2)4-3-5(7)6(8)9/h5H,3-4,7H2,1-2H3/p+1/t5-/m1/s1/i1D3,2D3. The highest BCUT2D eigenvalue weighted by Crippen LogP contribution is 1.93. The molecule has 10 heavy (non-hydrogen) atoms. The minimum absolute atomic E-state index is 0.158. The Labute approximate surface area is 72.4 Å². The summed E-state index contributed by atoms with van der Waals surface area (Å²) in [4.78, 5) is 10.4. The van der Waals surface area contributed by atoms with Gasteiger partial charge in [-0.1, -0.05) is 0 Å². The van der Waals surface area contributed by atoms with Crippen LogP contribution in [0.25, 0.3) is 0 Å². The van der Waals surface area contributed by atoms with Gasteiger partial charge < -0.3 is 10.8 Å². The van der Waals surface area contributed by atoms with Crippen molar-refractivity contribution in [1.82, 2.24) is 0 Å². The molecule has 0 rings (SSSR count). The van der Waals surface area contributed by atoms with Crippen molar-refractivity contribution in [1.29, 1.82) is 0 Å². The fourth-order valence-corrected chi connectivity index (χ4v) is 0.858. The van der Waals surface area contributed by atoms with Crippen LogP contribution in [-0.4, -0.2) is 35.2 Å². The van der Waals surface area contributed by atoms with E-state index in [1.54, 1.807) is 0 Å². The Balaban J connectivity index is 4.54. The van der Waals surface area contributed by atoms with Crippen molar-refractivity contribution in [2.75, 3.05) is 18.1 Å². The second-order valence-electron chi connectivity index (χ2n) is 1.83. The summed E-state index contributed by atoms with van der Waals surface area (Å²) < 4.78 is 42.6. The Bertz CT molecular complexity index is 238. The molecule has 0 heterocycles. The normalized spacial score (nSPS) is 25.0. The second-order valence-corrected chi connectivity index (χ2v) is 3.02. The van der Waals surface area contributed by atoms with E-state index < -0.39 is 35.3 Å². The topological polar surface area (TPSA) is 63.3 Å². The van der Waals surface area contributed by atoms with E-state index in [9.17, 15) is 4.79 Å². The molecule has 3 nitrogen and oxygen atoms in total. The number of hydrogen-bond donors (Lipinski definition) is 2. The van der Waals surface area contributed by atoms with Crippen LogP contribution in [0.15, 0.2) is 0 Å². The van der Waals surface area contributed by atoms with Gasteiger partial charge in [-0.2, -0.15) is 0 Å². The lowest BCUT2D eigenvalue weighted by atomic mass is 10.2. The van der Waals surface area contributed by atoms with Gasteiger partial charge in [0.25, 0.3) is 0 Å². The first kappa shape index (κ1) is 3.45. The van der Waals surface area contributed by atoms with Crippen LogP contribution in [0, 0.1) is 0 Å². The lowest BCUT2D eigenvalue weighted by Gasteiger charge is -2.02. The Morgan fingerprint density at radius 3 is 2.90 bits per heavy atom. The molecule has 0 amide bonds. The molecule has 0 radical (unpaired) electrons. The molecule has 0 saturated carbocycles. The number of nitrogens with two attached hydrogens (primary N) is 1. The molecular formula is C6H14NO2S+. The minimum Gasteiger partial charge on any atom is -0.480 e. The van der Waals surface area contributed by atoms with Crippen LogP contribution in [0.1, 0.15) is 14.6 Å². The third kappa shape index (κ3) is 4.64. The summed E-state index contributed by atoms with van der Waals surface area (Å²) in [5.41, 5.74) is 5.19. The fraction of sp³-hybridized carbons (Fsp3) is 0.833. The minimum atomic E-state index is -2.61. The summed E-state index contributed by atoms with van der Waals surface area (Å²) in [6.07, 6.45) is -5.37. The van der Waals surface area contributed by atoms with E-state index in [1.807, 2.05) is 0 Å². The number of carboxylic acid groups (broad SMARTS) is 1. The van der Waals surface area contributed by atoms with Crippen molar-refractivity contribution in [3.8, 4) is 0 Å². The number of carbonyl (C=O) groups is 1. The Hall–Kier alpha value is -0.220. The van der Waals surface area contributed by atoms with Crippen molar-refractivity contribution in [2.45, 2.75) is 12.5 Å². The SMILES string of the molecule is [2H]C([2H])([2H])[S+](CC[C@@H](N)C(=O)O)C([2H])([2H])[2H]. The van der Waals surface area contributed by atoms with Crippen LogP contribution in [0.2, 0.25) is 0 Å². The maximum atomic E-state index is 10.4. The van der Waals surface area contributed by atoms with Gasteiger partial charge in [0.05, 0.1) is 20.6 Å². The lowest BCUT2D eigenvalue weighted by molar-refractivity contribution is -0.138. The Morgan fingerprint density at radius 1 is 1.90 bits per heavy atom. The first-order chi connectivity index (χ1) is 6.96. The molecule has 0 bridgehead atoms. The van der Waals surface area contributed by atoms with Gasteiger partial charge in [-0.05, 0) is 10.9 Å². The number of carboxylic acids is 1. The van der Waals surface area contributed by atoms with Crippen molar-refractivity contribution in [3.63, 3.8) is 0 Å². The van der Waals surface area contributed by atoms with E-state index in [4.69, 9.17) is 19.1 Å². The summed E-state index contributed by atoms with van der Waals surface area (Å²) in [6.45, 7) is 0. The zero-order chi connectivity index (χ0) is 13.1. The molecule has 3 N–H and O–H groups in total. The maximum Gasteiger partial charge on any atom is 0.320 e. The molecule has 0 spiro atoms. The molecule has 0 unspecified atom stereocenters. The molecule has 0 saturated heterocycles. The van der Waals surface area contributed by atoms with Crippen LogP contribution in [0.5, 0.6) is 0 Å². The molecule has 1 atom stereocenters. The number of aliphatic carboxylic acids is 1. The van der Waals surface area contributed by atoms with E-state index in [0.717, 1.165) is 0 Å². The average Bonchev–Trinajstić information content (AvgIpc) is 1.98. The quantitative estimate of drug-likeness (QED) is 0.568. The van der Waals surface area contributed by atoms with Crippen molar-refractivity contribution >= 4 is 16.9 Å². The molecule has 60 valence electrons. The number of hydrogen-bond acceptors (Lipinski definition) is 2. The van der Waals surface area contributed by atoms with Crippen LogP contribution >= 0.6 is 0 Å². The average molecular weight is 170 g/mol. The van der Waals surface area contributed by atoms with Gasteiger partial charge in [0.2, 0.25) is 0 Å². The molecule has 0 aromatic rings. The van der Waals surface area contributed by atoms with Crippen molar-refractivity contribution < 1.29 is 18.1 Å². The number of rotatable bonds is 4. The van der Waals surface area contributed by atoms with Crippen LogP contribution in [0.3, 0.4) is 0 Å². The molecule has 0 aliphatic rings. The predicted molar refractivity (Wildman–Crippen MR) is 44.3 cm³/mol. The Morgan fingerprint density at radius 2 is 2.50 bits per heavy atom. The summed E-state index contributed by atoms with van der Waals surface area (Å²) in [5.74, 6) is -1.50. The monoisotopic (exact) mass is 170 g/mol. The lowest BCUT2D eigenvalue weighted by Crippen LogP contribution is -2.31. The summed E-state index contributed by atoms with van der Waals surface area (Å²) in [5, 5.41) is 8.50. The van der Waals surface area contributed by atoms with Gasteiger partial charge in [0.1, 0.15) is 11.8 Å². The van der Waals surface area contributed by atoms with Gasteiger partial charge in [-0.25, -0.2) is 0 Å². The van der Waals surface area contributed by atoms with Crippen LogP contribution in [0.4, 0.5) is 0 Å². The first-order valence-electron chi connectivity index (χ1n) is 5.65. The molecule has 0 aromatic heterocycles. The summed E-state index contributed by atoms with van der Waals surface area (Å²) in [7, 11) is -1.84. The van der Waals surface area contributed by atoms with Gasteiger partial charge >= 0.3 is 5.97 Å². The molecule has 0 fully saturated rings. The predicted octanol–water partition coefficient (Wildman–Crippen LogP) is -0.334. The van der Waals surface area contributed by atoms with E-state index in [1.165, 1.54) is 0 Å². The van der Waals surface area contributed by atoms with Crippen molar-refractivity contribution in [2.24, 2.45) is 5.73 Å². The molecule has 0 aromatic carbocycles. The summed E-state index contributed by atoms with van der Waals surface area (Å²) in [6, 6.07) is -1.22. The zero-order valence-corrected chi connectivity index (χ0v) is 6.15. The van der Waals surface area contributed by atoms with Gasteiger partial charge in [-0.15, -0.1) is 0 Å². The summed E-state index contributed by atoms with van der Waals surface area (Å²) >= 11 is 0. The van der Waals surface area contributed by atoms with E-state index in [-0.39, 0.29) is 12.2 Å². The fourth-order valence-electron chi connectivity index (χ4n) is 0.368. The van der Waals surface area contributed by atoms with Gasteiger partial charge in [0.15, 0.2) is 0 Å². The third-order valence-corrected chi connectivity index (χ3v) is 1.59. The Kier molecular flexibility index (Phi) is 1.58. The maximum absolute atomic E-state index is 10.4. The highest BCUT2D eigenvalue weighted by atomic mass is 32.2. The second kappa shape index (κ2) is 4.57. The smallest absolute Gasteiger partial charge is 0.320 e. The first-order valence-corrected chi connectivity index (χ1v) is 4.05. The van der Waals surface area contributed by atoms with E-state index >= 15 is 0 Å². The zero-order valence-electron chi connectivity index (χ0n) is 11.3. The molecule has 0 aliphatic carbocycles. The molecule has 0 aliphatic heterocycles. The highest BCUT2D eigenvalue weighted by molar-refractivity contribution is 7.95. The van der Waals surface area contributed by atoms with Gasteiger partial charge in [0, 0.05) is 6.42 Å². The van der Waals surface area contributed by atoms with Crippen LogP contribution < -0.4 is 5.73 Å². The van der Waals surface area contributed by atoms with Crippen molar-refractivity contribution in [3.05, 3.63) is 0 Å². The van der Waals surface area contributed by atoms with Crippen LogP contribution in [-0.2, 0) is 15.7 Å². The largest absolute Gasteiger partial charge is 0.480 e. The molecular weight excluding hydrogens is 150 g/mol.